The smallest absolute Gasteiger partial charge is 0.410 e. The number of ether oxygens (including phenoxy) is 2. The first-order valence-electron chi connectivity index (χ1n) is 13.8. The monoisotopic (exact) mass is 544 g/mol. The molecule has 3 fully saturated rings. The second kappa shape index (κ2) is 12.1. The average molecular weight is 545 g/mol. The van der Waals surface area contributed by atoms with Gasteiger partial charge in [0.15, 0.2) is 0 Å². The summed E-state index contributed by atoms with van der Waals surface area (Å²) in [5, 5.41) is 10.1. The molecule has 1 aromatic rings. The van der Waals surface area contributed by atoms with Crippen molar-refractivity contribution in [1.29, 1.82) is 0 Å². The molecule has 1 N–H and O–H groups in total. The van der Waals surface area contributed by atoms with E-state index in [4.69, 9.17) is 9.47 Å². The molecule has 2 amide bonds. The molecule has 0 aromatic carbocycles. The summed E-state index contributed by atoms with van der Waals surface area (Å²) >= 11 is 1.11. The summed E-state index contributed by atoms with van der Waals surface area (Å²) in [6.07, 6.45) is 4.95. The number of carbonyl (C=O) groups is 3. The average Bonchev–Trinajstić information content (AvgIpc) is 3.52. The first-order chi connectivity index (χ1) is 18.0. The molecule has 0 bridgehead atoms. The summed E-state index contributed by atoms with van der Waals surface area (Å²) in [4.78, 5) is 43.4. The molecule has 0 radical (unpaired) electrons. The minimum atomic E-state index is -1.07. The van der Waals surface area contributed by atoms with Gasteiger partial charge in [0.25, 0.3) is 0 Å². The molecule has 2 aliphatic heterocycles. The molecule has 1 saturated carbocycles. The molecule has 3 heterocycles. The summed E-state index contributed by atoms with van der Waals surface area (Å²) in [6, 6.07) is 1.43. The van der Waals surface area contributed by atoms with E-state index >= 15 is 0 Å². The third-order valence-electron chi connectivity index (χ3n) is 7.55. The van der Waals surface area contributed by atoms with Crippen LogP contribution in [0.2, 0.25) is 0 Å². The number of likely N-dealkylation sites (tertiary alicyclic amines) is 1. The standard InChI is InChI=1S/C29H40N2O6S/c1-19-5-7-20(8-6-19)26(32)31(24-17-23(9-13-29(2,3)4)38-25(24)27(33)34)21-10-14-30(18-21)28(35)37-22-11-15-36-16-12-22/h17,19-22H,5-8,10-12,14-16,18H2,1-4H3,(H,33,34)/t19-,20-,21-/m0/s1. The molecule has 9 heteroatoms. The molecule has 38 heavy (non-hydrogen) atoms. The van der Waals surface area contributed by atoms with Gasteiger partial charge in [-0.05, 0) is 64.9 Å². The van der Waals surface area contributed by atoms with E-state index in [0.29, 0.717) is 62.0 Å². The molecule has 0 unspecified atom stereocenters. The summed E-state index contributed by atoms with van der Waals surface area (Å²) < 4.78 is 11.1. The first-order valence-corrected chi connectivity index (χ1v) is 14.6. The number of thiophene rings is 1. The van der Waals surface area contributed by atoms with Gasteiger partial charge < -0.3 is 24.4 Å². The molecule has 1 atom stereocenters. The zero-order valence-corrected chi connectivity index (χ0v) is 23.8. The Morgan fingerprint density at radius 3 is 2.42 bits per heavy atom. The molecule has 8 nitrogen and oxygen atoms in total. The summed E-state index contributed by atoms with van der Waals surface area (Å²) in [5.74, 6) is 5.60. The van der Waals surface area contributed by atoms with Crippen LogP contribution >= 0.6 is 11.3 Å². The van der Waals surface area contributed by atoms with Gasteiger partial charge in [0.05, 0.1) is 29.8 Å². The number of aromatic carboxylic acids is 1. The van der Waals surface area contributed by atoms with Crippen molar-refractivity contribution in [3.63, 3.8) is 0 Å². The van der Waals surface area contributed by atoms with Crippen LogP contribution in [-0.4, -0.2) is 66.4 Å². The normalized spacial score (nSPS) is 24.4. The highest BCUT2D eigenvalue weighted by Crippen LogP contribution is 2.38. The van der Waals surface area contributed by atoms with Gasteiger partial charge in [0.2, 0.25) is 5.91 Å². The summed E-state index contributed by atoms with van der Waals surface area (Å²) in [7, 11) is 0. The van der Waals surface area contributed by atoms with Gasteiger partial charge in [-0.3, -0.25) is 4.79 Å². The minimum Gasteiger partial charge on any atom is -0.477 e. The lowest BCUT2D eigenvalue weighted by Gasteiger charge is -2.34. The second-order valence-electron chi connectivity index (χ2n) is 11.9. The van der Waals surface area contributed by atoms with Crippen LogP contribution in [-0.2, 0) is 14.3 Å². The SMILES string of the molecule is CC(C)(C)C#Cc1cc(N(C(=O)[C@H]2CC[C@H](C)CC2)[C@H]2CCN(C(=O)OC3CCOCC3)C2)c(C(=O)O)s1. The fourth-order valence-corrected chi connectivity index (χ4v) is 6.19. The van der Waals surface area contributed by atoms with Gasteiger partial charge in [-0.25, -0.2) is 9.59 Å². The third-order valence-corrected chi connectivity index (χ3v) is 8.58. The van der Waals surface area contributed by atoms with Crippen LogP contribution in [0.1, 0.15) is 87.2 Å². The molecule has 1 aliphatic carbocycles. The van der Waals surface area contributed by atoms with Crippen LogP contribution < -0.4 is 4.90 Å². The van der Waals surface area contributed by atoms with Crippen molar-refractivity contribution in [2.75, 3.05) is 31.2 Å². The van der Waals surface area contributed by atoms with Crippen molar-refractivity contribution >= 4 is 35.0 Å². The molecule has 208 valence electrons. The number of anilines is 1. The van der Waals surface area contributed by atoms with Crippen molar-refractivity contribution in [2.24, 2.45) is 17.3 Å². The van der Waals surface area contributed by atoms with Crippen LogP contribution in [0.5, 0.6) is 0 Å². The Hall–Kier alpha value is -2.57. The van der Waals surface area contributed by atoms with Crippen LogP contribution in [0, 0.1) is 29.1 Å². The second-order valence-corrected chi connectivity index (χ2v) is 12.9. The van der Waals surface area contributed by atoms with E-state index in [1.54, 1.807) is 15.9 Å². The van der Waals surface area contributed by atoms with Gasteiger partial charge in [0, 0.05) is 37.3 Å². The lowest BCUT2D eigenvalue weighted by atomic mass is 9.82. The lowest BCUT2D eigenvalue weighted by Crippen LogP contribution is -2.47. The van der Waals surface area contributed by atoms with Gasteiger partial charge in [-0.15, -0.1) is 11.3 Å². The number of hydrogen-bond donors (Lipinski definition) is 1. The molecule has 0 spiro atoms. The highest BCUT2D eigenvalue weighted by atomic mass is 32.1. The fourth-order valence-electron chi connectivity index (χ4n) is 5.35. The quantitative estimate of drug-likeness (QED) is 0.499. The largest absolute Gasteiger partial charge is 0.477 e. The number of carbonyl (C=O) groups excluding carboxylic acids is 2. The molecular formula is C29H40N2O6S. The van der Waals surface area contributed by atoms with Crippen molar-refractivity contribution in [3.8, 4) is 11.8 Å². The van der Waals surface area contributed by atoms with Gasteiger partial charge in [-0.1, -0.05) is 18.8 Å². The van der Waals surface area contributed by atoms with Gasteiger partial charge in [-0.2, -0.15) is 0 Å². The predicted molar refractivity (Wildman–Crippen MR) is 147 cm³/mol. The van der Waals surface area contributed by atoms with E-state index in [2.05, 4.69) is 18.8 Å². The number of carboxylic acid groups (broad SMARTS) is 1. The molecular weight excluding hydrogens is 504 g/mol. The fraction of sp³-hybridized carbons (Fsp3) is 0.690. The number of rotatable bonds is 5. The Bertz CT molecular complexity index is 1080. The molecule has 3 aliphatic rings. The Labute approximate surface area is 229 Å². The van der Waals surface area contributed by atoms with E-state index in [1.807, 2.05) is 20.8 Å². The highest BCUT2D eigenvalue weighted by Gasteiger charge is 2.40. The Morgan fingerprint density at radius 2 is 1.79 bits per heavy atom. The van der Waals surface area contributed by atoms with E-state index in [0.717, 1.165) is 37.0 Å². The zero-order valence-electron chi connectivity index (χ0n) is 23.0. The first kappa shape index (κ1) is 28.4. The zero-order chi connectivity index (χ0) is 27.4. The van der Waals surface area contributed by atoms with Crippen LogP contribution in [0.3, 0.4) is 0 Å². The summed E-state index contributed by atoms with van der Waals surface area (Å²) in [6.45, 7) is 10.1. The Morgan fingerprint density at radius 1 is 1.11 bits per heavy atom. The van der Waals surface area contributed by atoms with E-state index in [9.17, 15) is 19.5 Å². The van der Waals surface area contributed by atoms with Crippen LogP contribution in [0.4, 0.5) is 10.5 Å². The van der Waals surface area contributed by atoms with E-state index in [1.165, 1.54) is 0 Å². The predicted octanol–water partition coefficient (Wildman–Crippen LogP) is 5.39. The molecule has 1 aromatic heterocycles. The molecule has 2 saturated heterocycles. The topological polar surface area (TPSA) is 96.4 Å². The van der Waals surface area contributed by atoms with Gasteiger partial charge >= 0.3 is 12.1 Å². The maximum Gasteiger partial charge on any atom is 0.410 e. The van der Waals surface area contributed by atoms with Gasteiger partial charge in [0.1, 0.15) is 11.0 Å². The van der Waals surface area contributed by atoms with Crippen LogP contribution in [0.25, 0.3) is 0 Å². The maximum atomic E-state index is 14.0. The van der Waals surface area contributed by atoms with Crippen LogP contribution in [0.15, 0.2) is 6.07 Å². The molecule has 4 rings (SSSR count). The van der Waals surface area contributed by atoms with Crippen molar-refractivity contribution in [1.82, 2.24) is 4.90 Å². The summed E-state index contributed by atoms with van der Waals surface area (Å²) in [5.41, 5.74) is 0.160. The maximum absolute atomic E-state index is 14.0. The van der Waals surface area contributed by atoms with Crippen molar-refractivity contribution in [3.05, 3.63) is 15.8 Å². The minimum absolute atomic E-state index is 0.0443. The lowest BCUT2D eigenvalue weighted by molar-refractivity contribution is -0.124. The Kier molecular flexibility index (Phi) is 9.04. The van der Waals surface area contributed by atoms with Crippen molar-refractivity contribution < 1.29 is 29.0 Å². The highest BCUT2D eigenvalue weighted by molar-refractivity contribution is 7.15. The number of amides is 2. The number of hydrogen-bond acceptors (Lipinski definition) is 6. The van der Waals surface area contributed by atoms with Crippen molar-refractivity contribution in [2.45, 2.75) is 84.8 Å². The third kappa shape index (κ3) is 7.09. The van der Waals surface area contributed by atoms with E-state index < -0.39 is 5.97 Å². The Balaban J connectivity index is 1.61. The number of carboxylic acids is 1. The van der Waals surface area contributed by atoms with E-state index in [-0.39, 0.29) is 40.4 Å². The number of nitrogens with zero attached hydrogens (tertiary/aromatic N) is 2.